The van der Waals surface area contributed by atoms with Crippen molar-refractivity contribution in [2.24, 2.45) is 0 Å². The second kappa shape index (κ2) is 3.80. The van der Waals surface area contributed by atoms with E-state index in [-0.39, 0.29) is 0 Å². The molecule has 0 bridgehead atoms. The summed E-state index contributed by atoms with van der Waals surface area (Å²) in [5.41, 5.74) is 14.0. The molecule has 0 radical (unpaired) electrons. The summed E-state index contributed by atoms with van der Waals surface area (Å²) < 4.78 is 0.931. The maximum absolute atomic E-state index is 5.73. The van der Waals surface area contributed by atoms with Crippen molar-refractivity contribution in [3.63, 3.8) is 0 Å². The molecular formula is C9H11IN2. The van der Waals surface area contributed by atoms with Crippen molar-refractivity contribution >= 4 is 40.0 Å². The first-order chi connectivity index (χ1) is 5.65. The molecule has 0 heterocycles. The van der Waals surface area contributed by atoms with Gasteiger partial charge in [0.15, 0.2) is 0 Å². The molecule has 0 saturated heterocycles. The van der Waals surface area contributed by atoms with E-state index in [0.29, 0.717) is 0 Å². The van der Waals surface area contributed by atoms with E-state index < -0.39 is 0 Å². The van der Waals surface area contributed by atoms with E-state index in [1.54, 1.807) is 0 Å². The smallest absolute Gasteiger partial charge is 0.0589 e. The normalized spacial score (nSPS) is 10.8. The summed E-state index contributed by atoms with van der Waals surface area (Å²) in [6, 6.07) is 3.83. The molecule has 12 heavy (non-hydrogen) atoms. The van der Waals surface area contributed by atoms with Gasteiger partial charge in [-0.15, -0.1) is 0 Å². The summed E-state index contributed by atoms with van der Waals surface area (Å²) in [5, 5.41) is 0. The fraction of sp³-hybridized carbons (Fsp3) is 0.111. The highest BCUT2D eigenvalue weighted by Crippen LogP contribution is 2.24. The Morgan fingerprint density at radius 1 is 1.25 bits per heavy atom. The van der Waals surface area contributed by atoms with Crippen molar-refractivity contribution in [3.8, 4) is 0 Å². The zero-order chi connectivity index (χ0) is 9.14. The molecule has 0 fully saturated rings. The quantitative estimate of drug-likeness (QED) is 0.610. The molecule has 0 saturated carbocycles. The Hall–Kier alpha value is -0.710. The van der Waals surface area contributed by atoms with E-state index in [0.717, 1.165) is 20.5 Å². The van der Waals surface area contributed by atoms with Crippen LogP contribution in [0.25, 0.3) is 6.08 Å². The zero-order valence-corrected chi connectivity index (χ0v) is 9.00. The molecule has 64 valence electrons. The van der Waals surface area contributed by atoms with Crippen LogP contribution in [0.5, 0.6) is 0 Å². The van der Waals surface area contributed by atoms with Gasteiger partial charge in [0.2, 0.25) is 0 Å². The standard InChI is InChI=1S/C9H11IN2/c1-2-3-6-4-7(11)9(10)8(12)5-6/h2-5H,11-12H2,1H3/b3-2+. The Morgan fingerprint density at radius 2 is 1.75 bits per heavy atom. The third kappa shape index (κ3) is 1.91. The third-order valence-electron chi connectivity index (χ3n) is 1.51. The maximum atomic E-state index is 5.73. The van der Waals surface area contributed by atoms with Crippen molar-refractivity contribution in [3.05, 3.63) is 27.3 Å². The summed E-state index contributed by atoms with van der Waals surface area (Å²) in [5.74, 6) is 0. The van der Waals surface area contributed by atoms with Gasteiger partial charge in [0, 0.05) is 11.4 Å². The number of allylic oxidation sites excluding steroid dienone is 1. The van der Waals surface area contributed by atoms with Crippen molar-refractivity contribution in [1.82, 2.24) is 0 Å². The number of hydrogen-bond donors (Lipinski definition) is 2. The Labute approximate surface area is 85.8 Å². The first-order valence-electron chi connectivity index (χ1n) is 3.62. The number of benzene rings is 1. The molecule has 0 atom stereocenters. The number of hydrogen-bond acceptors (Lipinski definition) is 2. The fourth-order valence-corrected chi connectivity index (χ4v) is 1.29. The zero-order valence-electron chi connectivity index (χ0n) is 6.84. The summed E-state index contributed by atoms with van der Waals surface area (Å²) >= 11 is 2.14. The van der Waals surface area contributed by atoms with Gasteiger partial charge in [0.25, 0.3) is 0 Å². The summed E-state index contributed by atoms with van der Waals surface area (Å²) in [7, 11) is 0. The number of nitrogens with two attached hydrogens (primary N) is 2. The van der Waals surface area contributed by atoms with Crippen LogP contribution < -0.4 is 11.5 Å². The minimum atomic E-state index is 0.740. The van der Waals surface area contributed by atoms with Crippen LogP contribution in [0.15, 0.2) is 18.2 Å². The predicted octanol–water partition coefficient (Wildman–Crippen LogP) is 2.49. The van der Waals surface area contributed by atoms with Gasteiger partial charge in [-0.05, 0) is 47.2 Å². The van der Waals surface area contributed by atoms with Gasteiger partial charge in [0.05, 0.1) is 3.57 Å². The number of anilines is 2. The van der Waals surface area contributed by atoms with E-state index in [1.165, 1.54) is 0 Å². The molecule has 4 N–H and O–H groups in total. The Morgan fingerprint density at radius 3 is 2.17 bits per heavy atom. The summed E-state index contributed by atoms with van der Waals surface area (Å²) in [4.78, 5) is 0. The first-order valence-corrected chi connectivity index (χ1v) is 4.70. The molecule has 3 heteroatoms. The first kappa shape index (κ1) is 9.38. The lowest BCUT2D eigenvalue weighted by atomic mass is 10.1. The average molecular weight is 274 g/mol. The summed E-state index contributed by atoms with van der Waals surface area (Å²) in [6.07, 6.45) is 3.93. The molecule has 0 aliphatic carbocycles. The second-order valence-corrected chi connectivity index (χ2v) is 3.59. The number of rotatable bonds is 1. The van der Waals surface area contributed by atoms with Crippen LogP contribution in [0.3, 0.4) is 0 Å². The van der Waals surface area contributed by atoms with Crippen LogP contribution in [0.1, 0.15) is 12.5 Å². The molecule has 1 aromatic rings. The van der Waals surface area contributed by atoms with Crippen LogP contribution in [0.4, 0.5) is 11.4 Å². The Bertz CT molecular complexity index is 295. The topological polar surface area (TPSA) is 52.0 Å². The van der Waals surface area contributed by atoms with Gasteiger partial charge in [0.1, 0.15) is 0 Å². The van der Waals surface area contributed by atoms with Crippen molar-refractivity contribution < 1.29 is 0 Å². The number of nitrogen functional groups attached to an aromatic ring is 2. The maximum Gasteiger partial charge on any atom is 0.0589 e. The summed E-state index contributed by atoms with van der Waals surface area (Å²) in [6.45, 7) is 1.96. The van der Waals surface area contributed by atoms with Crippen molar-refractivity contribution in [2.45, 2.75) is 6.92 Å². The van der Waals surface area contributed by atoms with Gasteiger partial charge < -0.3 is 11.5 Å². The van der Waals surface area contributed by atoms with Crippen molar-refractivity contribution in [1.29, 1.82) is 0 Å². The van der Waals surface area contributed by atoms with Crippen LogP contribution in [-0.2, 0) is 0 Å². The fourth-order valence-electron chi connectivity index (χ4n) is 0.983. The Balaban J connectivity index is 3.21. The molecule has 0 aliphatic heterocycles. The van der Waals surface area contributed by atoms with E-state index >= 15 is 0 Å². The molecule has 0 unspecified atom stereocenters. The molecule has 0 aliphatic rings. The molecule has 0 aromatic heterocycles. The van der Waals surface area contributed by atoms with Gasteiger partial charge in [-0.1, -0.05) is 12.2 Å². The lowest BCUT2D eigenvalue weighted by molar-refractivity contribution is 1.58. The van der Waals surface area contributed by atoms with Crippen LogP contribution >= 0.6 is 22.6 Å². The lowest BCUT2D eigenvalue weighted by Crippen LogP contribution is -1.96. The molecule has 0 amide bonds. The highest BCUT2D eigenvalue weighted by atomic mass is 127. The predicted molar refractivity (Wildman–Crippen MR) is 62.7 cm³/mol. The molecule has 1 aromatic carbocycles. The Kier molecular flexibility index (Phi) is 2.97. The van der Waals surface area contributed by atoms with E-state index in [1.807, 2.05) is 31.2 Å². The van der Waals surface area contributed by atoms with Crippen LogP contribution in [-0.4, -0.2) is 0 Å². The minimum absolute atomic E-state index is 0.740. The van der Waals surface area contributed by atoms with Crippen LogP contribution in [0.2, 0.25) is 0 Å². The SMILES string of the molecule is C/C=C/c1cc(N)c(I)c(N)c1. The third-order valence-corrected chi connectivity index (χ3v) is 2.76. The molecule has 1 rings (SSSR count). The van der Waals surface area contributed by atoms with Gasteiger partial charge >= 0.3 is 0 Å². The molecule has 0 spiro atoms. The van der Waals surface area contributed by atoms with Gasteiger partial charge in [-0.3, -0.25) is 0 Å². The highest BCUT2D eigenvalue weighted by Gasteiger charge is 2.00. The van der Waals surface area contributed by atoms with Crippen molar-refractivity contribution in [2.75, 3.05) is 11.5 Å². The largest absolute Gasteiger partial charge is 0.398 e. The average Bonchev–Trinajstić information content (AvgIpc) is 2.01. The molecule has 2 nitrogen and oxygen atoms in total. The minimum Gasteiger partial charge on any atom is -0.398 e. The highest BCUT2D eigenvalue weighted by molar-refractivity contribution is 14.1. The monoisotopic (exact) mass is 274 g/mol. The van der Waals surface area contributed by atoms with Gasteiger partial charge in [-0.25, -0.2) is 0 Å². The second-order valence-electron chi connectivity index (χ2n) is 2.51. The van der Waals surface area contributed by atoms with E-state index in [4.69, 9.17) is 11.5 Å². The van der Waals surface area contributed by atoms with Crippen LogP contribution in [0, 0.1) is 3.57 Å². The number of halogens is 1. The van der Waals surface area contributed by atoms with E-state index in [2.05, 4.69) is 22.6 Å². The molecular weight excluding hydrogens is 263 g/mol. The lowest BCUT2D eigenvalue weighted by Gasteiger charge is -2.03. The van der Waals surface area contributed by atoms with Gasteiger partial charge in [-0.2, -0.15) is 0 Å². The van der Waals surface area contributed by atoms with E-state index in [9.17, 15) is 0 Å².